The maximum atomic E-state index is 13.0. The average molecular weight is 373 g/mol. The summed E-state index contributed by atoms with van der Waals surface area (Å²) in [4.78, 5) is 29.0. The number of hydrogen-bond acceptors (Lipinski definition) is 2. The lowest BCUT2D eigenvalue weighted by atomic mass is 10.2. The van der Waals surface area contributed by atoms with Crippen LogP contribution in [0.3, 0.4) is 0 Å². The molecule has 4 rings (SSSR count). The fourth-order valence-corrected chi connectivity index (χ4v) is 3.62. The smallest absolute Gasteiger partial charge is 0.270 e. The van der Waals surface area contributed by atoms with Crippen molar-refractivity contribution in [3.63, 3.8) is 0 Å². The molecule has 142 valence electrons. The minimum Gasteiger partial charge on any atom is -0.340 e. The molecule has 1 aliphatic heterocycles. The zero-order valence-corrected chi connectivity index (χ0v) is 15.9. The summed E-state index contributed by atoms with van der Waals surface area (Å²) < 4.78 is 1.94. The van der Waals surface area contributed by atoms with E-state index in [1.165, 1.54) is 0 Å². The molecule has 1 saturated heterocycles. The molecule has 0 bridgehead atoms. The zero-order chi connectivity index (χ0) is 19.5. The number of hydrogen-bond donors (Lipinski definition) is 0. The quantitative estimate of drug-likeness (QED) is 0.662. The molecule has 0 unspecified atom stereocenters. The van der Waals surface area contributed by atoms with Crippen molar-refractivity contribution in [1.82, 2.24) is 14.4 Å². The first-order valence-corrected chi connectivity index (χ1v) is 9.49. The molecule has 1 aromatic heterocycles. The predicted molar refractivity (Wildman–Crippen MR) is 111 cm³/mol. The first kappa shape index (κ1) is 18.0. The fourth-order valence-electron chi connectivity index (χ4n) is 3.62. The maximum Gasteiger partial charge on any atom is 0.270 e. The molecule has 1 aliphatic rings. The molecule has 0 saturated carbocycles. The molecule has 3 aromatic rings. The van der Waals surface area contributed by atoms with Crippen molar-refractivity contribution in [2.24, 2.45) is 7.05 Å². The van der Waals surface area contributed by atoms with Gasteiger partial charge in [-0.15, -0.1) is 0 Å². The van der Waals surface area contributed by atoms with E-state index in [4.69, 9.17) is 0 Å². The van der Waals surface area contributed by atoms with Gasteiger partial charge in [0.15, 0.2) is 0 Å². The number of piperazine rings is 1. The number of carbonyl (C=O) groups excluding carboxylic acids is 2. The van der Waals surface area contributed by atoms with Crippen LogP contribution in [0.1, 0.15) is 16.1 Å². The SMILES string of the molecule is Cn1c(C(=O)N2CCN(C(=O)C=Cc3ccccc3)CC2)cc2ccccc21. The van der Waals surface area contributed by atoms with E-state index in [9.17, 15) is 9.59 Å². The highest BCUT2D eigenvalue weighted by Gasteiger charge is 2.25. The number of amides is 2. The molecular weight excluding hydrogens is 350 g/mol. The van der Waals surface area contributed by atoms with Crippen LogP contribution in [0.2, 0.25) is 0 Å². The normalized spacial score (nSPS) is 14.8. The van der Waals surface area contributed by atoms with Crippen LogP contribution in [0.5, 0.6) is 0 Å². The van der Waals surface area contributed by atoms with E-state index in [1.54, 1.807) is 11.0 Å². The van der Waals surface area contributed by atoms with Gasteiger partial charge in [0.1, 0.15) is 5.69 Å². The van der Waals surface area contributed by atoms with Crippen LogP contribution >= 0.6 is 0 Å². The van der Waals surface area contributed by atoms with Crippen LogP contribution in [0.15, 0.2) is 66.7 Å². The third-order valence-electron chi connectivity index (χ3n) is 5.27. The Balaban J connectivity index is 1.39. The van der Waals surface area contributed by atoms with Gasteiger partial charge in [-0.1, -0.05) is 48.5 Å². The highest BCUT2D eigenvalue weighted by atomic mass is 16.2. The lowest BCUT2D eigenvalue weighted by Crippen LogP contribution is -2.50. The predicted octanol–water partition coefficient (Wildman–Crippen LogP) is 3.18. The molecule has 28 heavy (non-hydrogen) atoms. The Kier molecular flexibility index (Phi) is 4.98. The molecule has 2 amide bonds. The summed E-state index contributed by atoms with van der Waals surface area (Å²) in [6.07, 6.45) is 3.44. The van der Waals surface area contributed by atoms with E-state index >= 15 is 0 Å². The molecule has 0 atom stereocenters. The van der Waals surface area contributed by atoms with Gasteiger partial charge in [0.2, 0.25) is 5.91 Å². The second-order valence-electron chi connectivity index (χ2n) is 7.01. The van der Waals surface area contributed by atoms with Gasteiger partial charge >= 0.3 is 0 Å². The molecule has 0 radical (unpaired) electrons. The summed E-state index contributed by atoms with van der Waals surface area (Å²) in [6.45, 7) is 2.19. The Morgan fingerprint density at radius 2 is 1.50 bits per heavy atom. The van der Waals surface area contributed by atoms with E-state index < -0.39 is 0 Å². The number of carbonyl (C=O) groups is 2. The van der Waals surface area contributed by atoms with Gasteiger partial charge in [-0.05, 0) is 23.8 Å². The third-order valence-corrected chi connectivity index (χ3v) is 5.27. The largest absolute Gasteiger partial charge is 0.340 e. The molecule has 5 nitrogen and oxygen atoms in total. The third kappa shape index (κ3) is 3.56. The van der Waals surface area contributed by atoms with Gasteiger partial charge in [-0.2, -0.15) is 0 Å². The van der Waals surface area contributed by atoms with Gasteiger partial charge in [-0.3, -0.25) is 9.59 Å². The molecular formula is C23H23N3O2. The highest BCUT2D eigenvalue weighted by Crippen LogP contribution is 2.20. The van der Waals surface area contributed by atoms with Crippen LogP contribution in [-0.4, -0.2) is 52.4 Å². The summed E-state index contributed by atoms with van der Waals surface area (Å²) in [6, 6.07) is 19.7. The number of para-hydroxylation sites is 1. The number of aryl methyl sites for hydroxylation is 1. The van der Waals surface area contributed by atoms with E-state index in [0.29, 0.717) is 31.9 Å². The highest BCUT2D eigenvalue weighted by molar-refractivity contribution is 5.99. The molecule has 2 aromatic carbocycles. The van der Waals surface area contributed by atoms with Crippen LogP contribution < -0.4 is 0 Å². The maximum absolute atomic E-state index is 13.0. The van der Waals surface area contributed by atoms with Crippen molar-refractivity contribution in [2.75, 3.05) is 26.2 Å². The second-order valence-corrected chi connectivity index (χ2v) is 7.01. The minimum absolute atomic E-state index is 0.0134. The summed E-state index contributed by atoms with van der Waals surface area (Å²) in [5, 5.41) is 1.06. The molecule has 5 heteroatoms. The van der Waals surface area contributed by atoms with Crippen LogP contribution in [0.25, 0.3) is 17.0 Å². The molecule has 0 aliphatic carbocycles. The Morgan fingerprint density at radius 3 is 2.21 bits per heavy atom. The standard InChI is InChI=1S/C23H23N3O2/c1-24-20-10-6-5-9-19(20)17-21(24)23(28)26-15-13-25(14-16-26)22(27)12-11-18-7-3-2-4-8-18/h2-12,17H,13-16H2,1H3. The van der Waals surface area contributed by atoms with E-state index in [2.05, 4.69) is 0 Å². The van der Waals surface area contributed by atoms with Crippen molar-refractivity contribution in [3.8, 4) is 0 Å². The van der Waals surface area contributed by atoms with Gasteiger partial charge < -0.3 is 14.4 Å². The summed E-state index contributed by atoms with van der Waals surface area (Å²) in [5.74, 6) is 0.00573. The Labute approximate surface area is 164 Å². The van der Waals surface area contributed by atoms with Crippen LogP contribution in [0, 0.1) is 0 Å². The van der Waals surface area contributed by atoms with E-state index in [0.717, 1.165) is 16.5 Å². The summed E-state index contributed by atoms with van der Waals surface area (Å²) in [7, 11) is 1.92. The topological polar surface area (TPSA) is 45.6 Å². The van der Waals surface area contributed by atoms with E-state index in [-0.39, 0.29) is 11.8 Å². The van der Waals surface area contributed by atoms with Gasteiger partial charge in [0, 0.05) is 50.2 Å². The lowest BCUT2D eigenvalue weighted by Gasteiger charge is -2.34. The average Bonchev–Trinajstić information content (AvgIpc) is 3.09. The fraction of sp³-hybridized carbons (Fsp3) is 0.217. The molecule has 0 N–H and O–H groups in total. The van der Waals surface area contributed by atoms with Crippen LogP contribution in [-0.2, 0) is 11.8 Å². The lowest BCUT2D eigenvalue weighted by molar-refractivity contribution is -0.127. The molecule has 0 spiro atoms. The van der Waals surface area contributed by atoms with Gasteiger partial charge in [0.25, 0.3) is 5.91 Å². The van der Waals surface area contributed by atoms with Crippen molar-refractivity contribution >= 4 is 28.8 Å². The van der Waals surface area contributed by atoms with Crippen molar-refractivity contribution in [3.05, 3.63) is 78.0 Å². The first-order valence-electron chi connectivity index (χ1n) is 9.49. The van der Waals surface area contributed by atoms with Crippen molar-refractivity contribution in [1.29, 1.82) is 0 Å². The van der Waals surface area contributed by atoms with Gasteiger partial charge in [-0.25, -0.2) is 0 Å². The summed E-state index contributed by atoms with van der Waals surface area (Å²) in [5.41, 5.74) is 2.73. The zero-order valence-electron chi connectivity index (χ0n) is 15.9. The Morgan fingerprint density at radius 1 is 0.857 bits per heavy atom. The monoisotopic (exact) mass is 373 g/mol. The number of aromatic nitrogens is 1. The van der Waals surface area contributed by atoms with Gasteiger partial charge in [0.05, 0.1) is 0 Å². The number of rotatable bonds is 3. The Bertz CT molecular complexity index is 1030. The summed E-state index contributed by atoms with van der Waals surface area (Å²) >= 11 is 0. The number of nitrogens with zero attached hydrogens (tertiary/aromatic N) is 3. The molecule has 1 fully saturated rings. The van der Waals surface area contributed by atoms with Crippen LogP contribution in [0.4, 0.5) is 0 Å². The minimum atomic E-state index is -0.0134. The second kappa shape index (κ2) is 7.72. The molecule has 2 heterocycles. The van der Waals surface area contributed by atoms with Crippen molar-refractivity contribution < 1.29 is 9.59 Å². The first-order chi connectivity index (χ1) is 13.6. The Hall–Kier alpha value is -3.34. The van der Waals surface area contributed by atoms with Crippen molar-refractivity contribution in [2.45, 2.75) is 0 Å². The number of benzene rings is 2. The van der Waals surface area contributed by atoms with E-state index in [1.807, 2.05) is 83.3 Å². The number of fused-ring (bicyclic) bond motifs is 1.